The average molecular weight is 409 g/mol. The minimum atomic E-state index is -1.71. The number of halogens is 1. The van der Waals surface area contributed by atoms with Gasteiger partial charge in [-0.15, -0.1) is 0 Å². The lowest BCUT2D eigenvalue weighted by Crippen LogP contribution is -2.47. The number of amides is 1. The molecule has 0 radical (unpaired) electrons. The first kappa shape index (κ1) is 24.6. The topological polar surface area (TPSA) is 95.9 Å². The third-order valence-electron chi connectivity index (χ3n) is 4.07. The van der Waals surface area contributed by atoms with Crippen LogP contribution in [-0.2, 0) is 16.0 Å². The first-order chi connectivity index (χ1) is 13.4. The first-order valence-corrected chi connectivity index (χ1v) is 9.70. The number of rotatable bonds is 9. The fourth-order valence-electron chi connectivity index (χ4n) is 2.80. The number of alkyl carbamates (subject to hydrolysis) is 1. The average Bonchev–Trinajstić information content (AvgIpc) is 2.58. The van der Waals surface area contributed by atoms with Gasteiger partial charge in [0.1, 0.15) is 17.5 Å². The minimum absolute atomic E-state index is 0.0392. The Kier molecular flexibility index (Phi) is 9.30. The standard InChI is InChI=1S/C22H32FNO5/c1-14(2)11-16(20(26)27)13-17(23)19(25)18(12-15-9-7-6-8-10-15)24-21(28)29-22(3,4)5/h6-10,13-14,16,18-19,25H,11-12H2,1-5H3,(H,24,28)(H,26,27)/b17-13+/t16-,18-,19?/m1/s1. The van der Waals surface area contributed by atoms with E-state index in [4.69, 9.17) is 4.74 Å². The van der Waals surface area contributed by atoms with E-state index >= 15 is 0 Å². The fourth-order valence-corrected chi connectivity index (χ4v) is 2.80. The number of ether oxygens (including phenoxy) is 1. The van der Waals surface area contributed by atoms with E-state index in [2.05, 4.69) is 5.32 Å². The normalized spacial score (nSPS) is 15.5. The van der Waals surface area contributed by atoms with Crippen LogP contribution in [0.25, 0.3) is 0 Å². The molecule has 0 aliphatic carbocycles. The summed E-state index contributed by atoms with van der Waals surface area (Å²) in [5.74, 6) is -3.18. The van der Waals surface area contributed by atoms with Crippen LogP contribution in [0.4, 0.5) is 9.18 Å². The summed E-state index contributed by atoms with van der Waals surface area (Å²) < 4.78 is 20.0. The second-order valence-corrected chi connectivity index (χ2v) is 8.51. The molecule has 0 spiro atoms. The van der Waals surface area contributed by atoms with Gasteiger partial charge in [0.25, 0.3) is 0 Å². The monoisotopic (exact) mass is 409 g/mol. The van der Waals surface area contributed by atoms with Crippen molar-refractivity contribution in [2.45, 2.75) is 65.2 Å². The Bertz CT molecular complexity index is 697. The zero-order valence-electron chi connectivity index (χ0n) is 17.7. The molecule has 0 heterocycles. The molecule has 1 aromatic rings. The van der Waals surface area contributed by atoms with Gasteiger partial charge in [0.15, 0.2) is 0 Å². The number of benzene rings is 1. The summed E-state index contributed by atoms with van der Waals surface area (Å²) in [5, 5.41) is 22.4. The smallest absolute Gasteiger partial charge is 0.407 e. The van der Waals surface area contributed by atoms with Gasteiger partial charge in [-0.2, -0.15) is 0 Å². The molecule has 0 aromatic heterocycles. The van der Waals surface area contributed by atoms with Crippen LogP contribution in [0.3, 0.4) is 0 Å². The van der Waals surface area contributed by atoms with Crippen LogP contribution >= 0.6 is 0 Å². The predicted molar refractivity (Wildman–Crippen MR) is 109 cm³/mol. The second kappa shape index (κ2) is 11.0. The molecule has 1 unspecified atom stereocenters. The summed E-state index contributed by atoms with van der Waals surface area (Å²) in [4.78, 5) is 23.6. The highest BCUT2D eigenvalue weighted by Gasteiger charge is 2.29. The number of hydrogen-bond donors (Lipinski definition) is 3. The molecule has 3 N–H and O–H groups in total. The number of carboxylic acid groups (broad SMARTS) is 1. The molecular weight excluding hydrogens is 377 g/mol. The number of carboxylic acids is 1. The molecule has 29 heavy (non-hydrogen) atoms. The van der Waals surface area contributed by atoms with Crippen LogP contribution in [0.15, 0.2) is 42.2 Å². The Hall–Kier alpha value is -2.41. The third-order valence-corrected chi connectivity index (χ3v) is 4.07. The van der Waals surface area contributed by atoms with E-state index in [1.807, 2.05) is 19.9 Å². The maximum atomic E-state index is 14.8. The van der Waals surface area contributed by atoms with Crippen molar-refractivity contribution in [2.24, 2.45) is 11.8 Å². The molecule has 0 fully saturated rings. The van der Waals surface area contributed by atoms with E-state index in [0.717, 1.165) is 11.6 Å². The Morgan fingerprint density at radius 1 is 1.21 bits per heavy atom. The van der Waals surface area contributed by atoms with Gasteiger partial charge in [0.2, 0.25) is 0 Å². The van der Waals surface area contributed by atoms with Crippen molar-refractivity contribution in [3.8, 4) is 0 Å². The molecule has 1 amide bonds. The van der Waals surface area contributed by atoms with Crippen LogP contribution in [-0.4, -0.2) is 40.0 Å². The molecule has 6 nitrogen and oxygen atoms in total. The Morgan fingerprint density at radius 3 is 2.28 bits per heavy atom. The molecule has 3 atom stereocenters. The quantitative estimate of drug-likeness (QED) is 0.571. The van der Waals surface area contributed by atoms with Gasteiger partial charge in [0, 0.05) is 0 Å². The van der Waals surface area contributed by atoms with Crippen LogP contribution < -0.4 is 5.32 Å². The number of nitrogens with one attached hydrogen (secondary N) is 1. The van der Waals surface area contributed by atoms with Crippen molar-refractivity contribution in [3.63, 3.8) is 0 Å². The third kappa shape index (κ3) is 9.56. The predicted octanol–water partition coefficient (Wildman–Crippen LogP) is 4.08. The maximum absolute atomic E-state index is 14.8. The summed E-state index contributed by atoms with van der Waals surface area (Å²) in [5.41, 5.74) is 0.0178. The van der Waals surface area contributed by atoms with Crippen molar-refractivity contribution in [1.29, 1.82) is 0 Å². The van der Waals surface area contributed by atoms with Gasteiger partial charge in [-0.1, -0.05) is 44.2 Å². The largest absolute Gasteiger partial charge is 0.481 e. The first-order valence-electron chi connectivity index (χ1n) is 9.70. The molecule has 0 bridgehead atoms. The van der Waals surface area contributed by atoms with E-state index in [0.29, 0.717) is 0 Å². The number of carbonyl (C=O) groups excluding carboxylic acids is 1. The van der Waals surface area contributed by atoms with Crippen LogP contribution in [0.5, 0.6) is 0 Å². The van der Waals surface area contributed by atoms with E-state index in [9.17, 15) is 24.2 Å². The highest BCUT2D eigenvalue weighted by molar-refractivity contribution is 5.72. The van der Waals surface area contributed by atoms with Gasteiger partial charge in [0.05, 0.1) is 12.0 Å². The Labute approximate surface area is 171 Å². The molecule has 1 rings (SSSR count). The molecule has 7 heteroatoms. The number of carbonyl (C=O) groups is 2. The summed E-state index contributed by atoms with van der Waals surface area (Å²) in [6, 6.07) is 7.95. The SMILES string of the molecule is CC(C)C[C@H](/C=C(/F)C(O)[C@@H](Cc1ccccc1)NC(=O)OC(C)(C)C)C(=O)O. The molecule has 1 aromatic carbocycles. The molecule has 0 saturated heterocycles. The zero-order valence-corrected chi connectivity index (χ0v) is 17.7. The lowest BCUT2D eigenvalue weighted by molar-refractivity contribution is -0.140. The molecule has 0 aliphatic heterocycles. The highest BCUT2D eigenvalue weighted by atomic mass is 19.1. The molecule has 0 saturated carbocycles. The van der Waals surface area contributed by atoms with Gasteiger partial charge in [-0.25, -0.2) is 9.18 Å². The molecular formula is C22H32FNO5. The number of hydrogen-bond acceptors (Lipinski definition) is 4. The van der Waals surface area contributed by atoms with Gasteiger partial charge >= 0.3 is 12.1 Å². The van der Waals surface area contributed by atoms with Gasteiger partial charge in [-0.3, -0.25) is 4.79 Å². The summed E-state index contributed by atoms with van der Waals surface area (Å²) in [6.45, 7) is 8.75. The summed E-state index contributed by atoms with van der Waals surface area (Å²) in [7, 11) is 0. The van der Waals surface area contributed by atoms with Crippen LogP contribution in [0, 0.1) is 11.8 Å². The fraction of sp³-hybridized carbons (Fsp3) is 0.545. The highest BCUT2D eigenvalue weighted by Crippen LogP contribution is 2.20. The zero-order chi connectivity index (χ0) is 22.2. The van der Waals surface area contributed by atoms with Gasteiger partial charge in [-0.05, 0) is 51.2 Å². The lowest BCUT2D eigenvalue weighted by atomic mass is 9.94. The van der Waals surface area contributed by atoms with Crippen molar-refractivity contribution in [1.82, 2.24) is 5.32 Å². The van der Waals surface area contributed by atoms with Gasteiger partial charge < -0.3 is 20.3 Å². The van der Waals surface area contributed by atoms with E-state index < -0.39 is 41.6 Å². The number of aliphatic hydroxyl groups excluding tert-OH is 1. The molecule has 162 valence electrons. The van der Waals surface area contributed by atoms with E-state index in [-0.39, 0.29) is 18.8 Å². The van der Waals surface area contributed by atoms with E-state index in [1.165, 1.54) is 0 Å². The van der Waals surface area contributed by atoms with Crippen molar-refractivity contribution < 1.29 is 28.9 Å². The Morgan fingerprint density at radius 2 is 1.79 bits per heavy atom. The summed E-state index contributed by atoms with van der Waals surface area (Å²) in [6.07, 6.45) is -1.20. The molecule has 0 aliphatic rings. The Balaban J connectivity index is 3.06. The summed E-state index contributed by atoms with van der Waals surface area (Å²) >= 11 is 0. The second-order valence-electron chi connectivity index (χ2n) is 8.51. The lowest BCUT2D eigenvalue weighted by Gasteiger charge is -2.26. The van der Waals surface area contributed by atoms with E-state index in [1.54, 1.807) is 45.0 Å². The van der Waals surface area contributed by atoms with Crippen molar-refractivity contribution in [3.05, 3.63) is 47.8 Å². The minimum Gasteiger partial charge on any atom is -0.481 e. The van der Waals surface area contributed by atoms with Crippen LogP contribution in [0.2, 0.25) is 0 Å². The maximum Gasteiger partial charge on any atom is 0.407 e. The van der Waals surface area contributed by atoms with Crippen LogP contribution in [0.1, 0.15) is 46.6 Å². The number of aliphatic hydroxyl groups is 1. The van der Waals surface area contributed by atoms with Crippen molar-refractivity contribution >= 4 is 12.1 Å². The van der Waals surface area contributed by atoms with Crippen molar-refractivity contribution in [2.75, 3.05) is 0 Å². The number of aliphatic carboxylic acids is 1.